The zero-order valence-electron chi connectivity index (χ0n) is 24.1. The van der Waals surface area contributed by atoms with Gasteiger partial charge in [0.05, 0.1) is 11.7 Å². The zero-order chi connectivity index (χ0) is 28.9. The Morgan fingerprint density at radius 2 is 1.76 bits per heavy atom. The van der Waals surface area contributed by atoms with Gasteiger partial charge in [0, 0.05) is 36.9 Å². The number of ether oxygens (including phenoxy) is 3. The Bertz CT molecular complexity index is 1000. The molecule has 3 aliphatic rings. The highest BCUT2D eigenvalue weighted by molar-refractivity contribution is 5.92. The summed E-state index contributed by atoms with van der Waals surface area (Å²) in [5.41, 5.74) is -7.49. The van der Waals surface area contributed by atoms with Crippen molar-refractivity contribution < 1.29 is 38.8 Å². The third kappa shape index (κ3) is 4.21. The van der Waals surface area contributed by atoms with Crippen molar-refractivity contribution in [3.63, 3.8) is 0 Å². The van der Waals surface area contributed by atoms with Gasteiger partial charge < -0.3 is 29.3 Å². The standard InChI is InChI=1S/C29H45NO8/c1-10-14-20(33)36-21-22-25(5,6)16-15-18(31)27(22,8)29(35)19(32)17-26(7,11-2)38-28(29,9)23(21)37-24(34)30(12-3)13-4/h10-11,14,18,21-23,31,35H,2,12-13,15-17H2,1,3-9H3/t18-,21-,22-,23-,26-,27-,28+,29-/m0/s1. The number of carbonyl (C=O) groups is 3. The lowest BCUT2D eigenvalue weighted by atomic mass is 9.39. The van der Waals surface area contributed by atoms with Crippen LogP contribution in [0.4, 0.5) is 4.79 Å². The molecular weight excluding hydrogens is 490 g/mol. The van der Waals surface area contributed by atoms with Crippen molar-refractivity contribution in [3.8, 4) is 0 Å². The van der Waals surface area contributed by atoms with Crippen LogP contribution in [-0.4, -0.2) is 81.2 Å². The second-order valence-corrected chi connectivity index (χ2v) is 12.2. The molecule has 0 aromatic rings. The highest BCUT2D eigenvalue weighted by Gasteiger charge is 2.82. The van der Waals surface area contributed by atoms with Gasteiger partial charge in [-0.15, -0.1) is 6.58 Å². The van der Waals surface area contributed by atoms with Crippen molar-refractivity contribution in [2.24, 2.45) is 16.7 Å². The highest BCUT2D eigenvalue weighted by Crippen LogP contribution is 2.67. The second-order valence-electron chi connectivity index (χ2n) is 12.2. The number of fused-ring (bicyclic) bond motifs is 3. The van der Waals surface area contributed by atoms with E-state index in [9.17, 15) is 24.6 Å². The number of hydrogen-bond donors (Lipinski definition) is 2. The van der Waals surface area contributed by atoms with Crippen molar-refractivity contribution in [1.29, 1.82) is 0 Å². The van der Waals surface area contributed by atoms with Crippen molar-refractivity contribution in [2.45, 2.75) is 110 Å². The maximum atomic E-state index is 14.1. The molecular formula is C29H45NO8. The van der Waals surface area contributed by atoms with E-state index in [1.165, 1.54) is 30.1 Å². The fourth-order valence-corrected chi connectivity index (χ4v) is 7.54. The number of amides is 1. The summed E-state index contributed by atoms with van der Waals surface area (Å²) in [5, 5.41) is 24.2. The van der Waals surface area contributed by atoms with Gasteiger partial charge in [0.15, 0.2) is 17.5 Å². The molecule has 3 rings (SSSR count). The fraction of sp³-hybridized carbons (Fsp3) is 0.759. The van der Waals surface area contributed by atoms with Crippen molar-refractivity contribution in [2.75, 3.05) is 13.1 Å². The lowest BCUT2D eigenvalue weighted by molar-refractivity contribution is -0.369. The molecule has 3 fully saturated rings. The number of aliphatic hydroxyl groups is 2. The van der Waals surface area contributed by atoms with E-state index in [0.717, 1.165) is 0 Å². The molecule has 9 heteroatoms. The largest absolute Gasteiger partial charge is 0.455 e. The summed E-state index contributed by atoms with van der Waals surface area (Å²) in [5.74, 6) is -1.97. The first-order chi connectivity index (χ1) is 17.5. The minimum Gasteiger partial charge on any atom is -0.455 e. The zero-order valence-corrected chi connectivity index (χ0v) is 24.1. The first kappa shape index (κ1) is 30.3. The van der Waals surface area contributed by atoms with E-state index in [4.69, 9.17) is 14.2 Å². The van der Waals surface area contributed by atoms with Gasteiger partial charge in [-0.3, -0.25) is 4.79 Å². The number of allylic oxidation sites excluding steroid dienone is 1. The number of Topliss-reactive ketones (excluding diaryl/α,β-unsaturated/α-hetero) is 1. The molecule has 0 aromatic carbocycles. The molecule has 2 saturated carbocycles. The Morgan fingerprint density at radius 3 is 2.29 bits per heavy atom. The van der Waals surface area contributed by atoms with E-state index < -0.39 is 69.7 Å². The van der Waals surface area contributed by atoms with Crippen LogP contribution in [0.1, 0.15) is 74.7 Å². The van der Waals surface area contributed by atoms with Crippen LogP contribution in [0.2, 0.25) is 0 Å². The number of nitrogens with zero attached hydrogens (tertiary/aromatic N) is 1. The Hall–Kier alpha value is -2.23. The molecule has 0 bridgehead atoms. The van der Waals surface area contributed by atoms with Gasteiger partial charge in [0.25, 0.3) is 0 Å². The molecule has 1 heterocycles. The number of hydrogen-bond acceptors (Lipinski definition) is 8. The average molecular weight is 536 g/mol. The average Bonchev–Trinajstić information content (AvgIpc) is 2.83. The van der Waals surface area contributed by atoms with Crippen LogP contribution in [-0.2, 0) is 23.8 Å². The van der Waals surface area contributed by atoms with Crippen molar-refractivity contribution >= 4 is 17.8 Å². The summed E-state index contributed by atoms with van der Waals surface area (Å²) < 4.78 is 18.7. The number of aliphatic hydroxyl groups excluding tert-OH is 1. The Kier molecular flexibility index (Phi) is 8.03. The van der Waals surface area contributed by atoms with E-state index >= 15 is 0 Å². The normalized spacial score (nSPS) is 42.1. The lowest BCUT2D eigenvalue weighted by Crippen LogP contribution is -2.87. The first-order valence-electron chi connectivity index (χ1n) is 13.6. The van der Waals surface area contributed by atoms with Gasteiger partial charge in [-0.25, -0.2) is 9.59 Å². The van der Waals surface area contributed by atoms with Crippen LogP contribution in [0.25, 0.3) is 0 Å². The molecule has 1 saturated heterocycles. The van der Waals surface area contributed by atoms with Gasteiger partial charge in [0.1, 0.15) is 11.7 Å². The van der Waals surface area contributed by atoms with E-state index in [-0.39, 0.29) is 6.42 Å². The predicted octanol–water partition coefficient (Wildman–Crippen LogP) is 3.56. The molecule has 0 radical (unpaired) electrons. The Labute approximate surface area is 226 Å². The minimum absolute atomic E-state index is 0.183. The van der Waals surface area contributed by atoms with E-state index in [1.54, 1.807) is 34.6 Å². The highest BCUT2D eigenvalue weighted by atomic mass is 16.6. The van der Waals surface area contributed by atoms with Gasteiger partial charge >= 0.3 is 12.1 Å². The van der Waals surface area contributed by atoms with E-state index in [2.05, 4.69) is 6.58 Å². The summed E-state index contributed by atoms with van der Waals surface area (Å²) in [7, 11) is 0. The first-order valence-corrected chi connectivity index (χ1v) is 13.6. The molecule has 9 nitrogen and oxygen atoms in total. The maximum absolute atomic E-state index is 14.1. The topological polar surface area (TPSA) is 123 Å². The van der Waals surface area contributed by atoms with Crippen molar-refractivity contribution in [3.05, 3.63) is 24.8 Å². The number of carbonyl (C=O) groups excluding carboxylic acids is 3. The van der Waals surface area contributed by atoms with E-state index in [0.29, 0.717) is 25.9 Å². The minimum atomic E-state index is -2.28. The number of ketones is 1. The molecule has 8 atom stereocenters. The predicted molar refractivity (Wildman–Crippen MR) is 141 cm³/mol. The molecule has 1 amide bonds. The van der Waals surface area contributed by atoms with Gasteiger partial charge in [-0.1, -0.05) is 32.9 Å². The van der Waals surface area contributed by atoms with Crippen LogP contribution in [0.15, 0.2) is 24.8 Å². The summed E-state index contributed by atoms with van der Waals surface area (Å²) in [4.78, 5) is 41.9. The van der Waals surface area contributed by atoms with Gasteiger partial charge in [-0.2, -0.15) is 0 Å². The monoisotopic (exact) mass is 535 g/mol. The van der Waals surface area contributed by atoms with Crippen molar-refractivity contribution in [1.82, 2.24) is 4.90 Å². The van der Waals surface area contributed by atoms with Crippen LogP contribution in [0.3, 0.4) is 0 Å². The van der Waals surface area contributed by atoms with Crippen LogP contribution < -0.4 is 0 Å². The summed E-state index contributed by atoms with van der Waals surface area (Å²) in [6, 6.07) is 0. The smallest absolute Gasteiger partial charge is 0.410 e. The fourth-order valence-electron chi connectivity index (χ4n) is 7.54. The molecule has 0 aromatic heterocycles. The van der Waals surface area contributed by atoms with Crippen LogP contribution in [0.5, 0.6) is 0 Å². The molecule has 2 aliphatic carbocycles. The lowest BCUT2D eigenvalue weighted by Gasteiger charge is -2.71. The summed E-state index contributed by atoms with van der Waals surface area (Å²) in [6.45, 7) is 18.6. The molecule has 38 heavy (non-hydrogen) atoms. The quantitative estimate of drug-likeness (QED) is 0.301. The second kappa shape index (κ2) is 10.1. The number of esters is 1. The van der Waals surface area contributed by atoms with E-state index in [1.807, 2.05) is 13.8 Å². The van der Waals surface area contributed by atoms with Gasteiger partial charge in [-0.05, 0) is 52.9 Å². The molecule has 0 spiro atoms. The van der Waals surface area contributed by atoms with Crippen LogP contribution >= 0.6 is 0 Å². The van der Waals surface area contributed by atoms with Gasteiger partial charge in [0.2, 0.25) is 0 Å². The third-order valence-corrected chi connectivity index (χ3v) is 9.51. The van der Waals surface area contributed by atoms with Crippen LogP contribution in [0, 0.1) is 16.7 Å². The SMILES string of the molecule is C=C[C@@]1(C)CC(=O)[C@]2(O)[C@@]3(C)[C@@H](O)CCC(C)(C)[C@@H]3[C@H](OC(=O)C=CC)[C@H](OC(=O)N(CC)CC)[C@@]2(C)O1. The summed E-state index contributed by atoms with van der Waals surface area (Å²) in [6.07, 6.45) is 0.640. The Balaban J connectivity index is 2.37. The molecule has 1 aliphatic heterocycles. The third-order valence-electron chi connectivity index (χ3n) is 9.51. The molecule has 0 unspecified atom stereocenters. The Morgan fingerprint density at radius 1 is 1.16 bits per heavy atom. The summed E-state index contributed by atoms with van der Waals surface area (Å²) >= 11 is 0. The molecule has 2 N–H and O–H groups in total. The maximum Gasteiger partial charge on any atom is 0.410 e. The number of rotatable bonds is 6. The molecule has 214 valence electrons.